The Kier molecular flexibility index (Phi) is 4.08. The predicted octanol–water partition coefficient (Wildman–Crippen LogP) is 4.44. The predicted molar refractivity (Wildman–Crippen MR) is 78.6 cm³/mol. The van der Waals surface area contributed by atoms with Gasteiger partial charge >= 0.3 is 0 Å². The van der Waals surface area contributed by atoms with Crippen molar-refractivity contribution in [2.45, 2.75) is 10.7 Å². The van der Waals surface area contributed by atoms with Crippen molar-refractivity contribution in [3.63, 3.8) is 0 Å². The van der Waals surface area contributed by atoms with E-state index in [-0.39, 0.29) is 4.29 Å². The van der Waals surface area contributed by atoms with Gasteiger partial charge in [-0.1, -0.05) is 52.3 Å². The van der Waals surface area contributed by atoms with Crippen molar-refractivity contribution in [1.29, 1.82) is 0 Å². The van der Waals surface area contributed by atoms with Gasteiger partial charge in [0.25, 0.3) is 0 Å². The summed E-state index contributed by atoms with van der Waals surface area (Å²) in [5.74, 6) is 0. The minimum Gasteiger partial charge on any atom is -0.398 e. The molecule has 0 aliphatic carbocycles. The first-order valence-electron chi connectivity index (χ1n) is 5.39. The van der Waals surface area contributed by atoms with Crippen molar-refractivity contribution in [2.24, 2.45) is 0 Å². The summed E-state index contributed by atoms with van der Waals surface area (Å²) < 4.78 is -0.0465. The van der Waals surface area contributed by atoms with Crippen LogP contribution < -0.4 is 5.73 Å². The molecule has 0 bridgehead atoms. The summed E-state index contributed by atoms with van der Waals surface area (Å²) in [5.41, 5.74) is 10.2. The average molecular weight is 311 g/mol. The fourth-order valence-electron chi connectivity index (χ4n) is 1.78. The number of rotatable bonds is 3. The third-order valence-electron chi connectivity index (χ3n) is 2.59. The van der Waals surface area contributed by atoms with Gasteiger partial charge in [-0.2, -0.15) is 0 Å². The quantitative estimate of drug-likeness (QED) is 0.658. The van der Waals surface area contributed by atoms with Gasteiger partial charge in [-0.3, -0.25) is 0 Å². The second kappa shape index (κ2) is 5.56. The largest absolute Gasteiger partial charge is 0.398 e. The van der Waals surface area contributed by atoms with Gasteiger partial charge in [0.05, 0.1) is 4.29 Å². The van der Waals surface area contributed by atoms with Gasteiger partial charge in [0.2, 0.25) is 0 Å². The lowest BCUT2D eigenvalue weighted by molar-refractivity contribution is 1.11. The molecule has 0 saturated carbocycles. The lowest BCUT2D eigenvalue weighted by Gasteiger charge is -2.09. The van der Waals surface area contributed by atoms with Crippen LogP contribution in [0.4, 0.5) is 5.69 Å². The number of nitrogens with two attached hydrogens (primary N) is 1. The Morgan fingerprint density at radius 1 is 1.12 bits per heavy atom. The first kappa shape index (κ1) is 12.5. The number of nitrogen functional groups attached to an aromatic ring is 1. The molecule has 2 N–H and O–H groups in total. The molecule has 0 amide bonds. The van der Waals surface area contributed by atoms with Crippen molar-refractivity contribution in [3.8, 4) is 11.1 Å². The number of halogens is 2. The minimum atomic E-state index is -0.0465. The highest BCUT2D eigenvalue weighted by atomic mass is 79.9. The molecule has 0 fully saturated rings. The third kappa shape index (κ3) is 3.24. The lowest BCUT2D eigenvalue weighted by atomic mass is 10.0. The number of anilines is 1. The third-order valence-corrected chi connectivity index (χ3v) is 3.07. The highest BCUT2D eigenvalue weighted by molar-refractivity contribution is 9.10. The molecule has 0 saturated heterocycles. The number of hydrogen-bond acceptors (Lipinski definition) is 1. The van der Waals surface area contributed by atoms with Gasteiger partial charge in [-0.05, 0) is 29.7 Å². The van der Waals surface area contributed by atoms with Crippen LogP contribution in [0.25, 0.3) is 11.1 Å². The van der Waals surface area contributed by atoms with Gasteiger partial charge in [-0.25, -0.2) is 0 Å². The number of benzene rings is 2. The summed E-state index contributed by atoms with van der Waals surface area (Å²) in [7, 11) is 0. The standard InChI is InChI=1S/C14H13BrClN/c15-14(16)9-10-6-7-13(17)12(8-10)11-4-2-1-3-5-11/h1-8,14H,9,17H2. The average Bonchev–Trinajstić information content (AvgIpc) is 2.32. The van der Waals surface area contributed by atoms with E-state index in [1.807, 2.05) is 30.3 Å². The van der Waals surface area contributed by atoms with Gasteiger partial charge in [0.1, 0.15) is 0 Å². The van der Waals surface area contributed by atoms with E-state index in [0.29, 0.717) is 0 Å². The fourth-order valence-corrected chi connectivity index (χ4v) is 2.33. The lowest BCUT2D eigenvalue weighted by Crippen LogP contribution is -1.96. The summed E-state index contributed by atoms with van der Waals surface area (Å²) in [6.45, 7) is 0. The van der Waals surface area contributed by atoms with Crippen molar-refractivity contribution < 1.29 is 0 Å². The summed E-state index contributed by atoms with van der Waals surface area (Å²) >= 11 is 9.28. The van der Waals surface area contributed by atoms with Crippen LogP contribution in [0.15, 0.2) is 48.5 Å². The van der Waals surface area contributed by atoms with E-state index >= 15 is 0 Å². The molecule has 0 radical (unpaired) electrons. The van der Waals surface area contributed by atoms with E-state index in [2.05, 4.69) is 34.1 Å². The number of alkyl halides is 2. The molecule has 1 atom stereocenters. The molecular weight excluding hydrogens is 298 g/mol. The SMILES string of the molecule is Nc1ccc(CC(Cl)Br)cc1-c1ccccc1. The van der Waals surface area contributed by atoms with Crippen LogP contribution in [0, 0.1) is 0 Å². The van der Waals surface area contributed by atoms with Gasteiger partial charge in [0, 0.05) is 11.3 Å². The maximum atomic E-state index is 6.01. The molecule has 2 rings (SSSR count). The van der Waals surface area contributed by atoms with Crippen molar-refractivity contribution >= 4 is 33.2 Å². The molecule has 2 aromatic rings. The summed E-state index contributed by atoms with van der Waals surface area (Å²) in [5, 5.41) is 0. The van der Waals surface area contributed by atoms with E-state index in [0.717, 1.165) is 23.2 Å². The molecule has 3 heteroatoms. The van der Waals surface area contributed by atoms with Crippen LogP contribution in [0.5, 0.6) is 0 Å². The normalized spacial score (nSPS) is 12.4. The summed E-state index contributed by atoms with van der Waals surface area (Å²) in [4.78, 5) is 0. The topological polar surface area (TPSA) is 26.0 Å². The zero-order chi connectivity index (χ0) is 12.3. The Morgan fingerprint density at radius 2 is 1.82 bits per heavy atom. The van der Waals surface area contributed by atoms with Crippen LogP contribution in [-0.4, -0.2) is 4.29 Å². The van der Waals surface area contributed by atoms with Crippen molar-refractivity contribution in [3.05, 3.63) is 54.1 Å². The van der Waals surface area contributed by atoms with E-state index in [1.165, 1.54) is 5.56 Å². The molecule has 1 nitrogen and oxygen atoms in total. The zero-order valence-corrected chi connectivity index (χ0v) is 11.6. The minimum absolute atomic E-state index is 0.0465. The van der Waals surface area contributed by atoms with Crippen LogP contribution in [0.1, 0.15) is 5.56 Å². The monoisotopic (exact) mass is 309 g/mol. The summed E-state index contributed by atoms with van der Waals surface area (Å²) in [6.07, 6.45) is 0.779. The maximum Gasteiger partial charge on any atom is 0.0926 e. The molecule has 0 aromatic heterocycles. The van der Waals surface area contributed by atoms with E-state index in [9.17, 15) is 0 Å². The first-order valence-corrected chi connectivity index (χ1v) is 6.74. The van der Waals surface area contributed by atoms with Crippen LogP contribution in [0.2, 0.25) is 0 Å². The Balaban J connectivity index is 2.40. The fraction of sp³-hybridized carbons (Fsp3) is 0.143. The summed E-state index contributed by atoms with van der Waals surface area (Å²) in [6, 6.07) is 16.2. The van der Waals surface area contributed by atoms with Gasteiger partial charge < -0.3 is 5.73 Å². The van der Waals surface area contributed by atoms with Crippen molar-refractivity contribution in [1.82, 2.24) is 0 Å². The van der Waals surface area contributed by atoms with Crippen LogP contribution >= 0.6 is 27.5 Å². The Bertz CT molecular complexity index is 497. The molecule has 0 aliphatic heterocycles. The highest BCUT2D eigenvalue weighted by Crippen LogP contribution is 2.28. The van der Waals surface area contributed by atoms with Crippen LogP contribution in [0.3, 0.4) is 0 Å². The molecule has 0 spiro atoms. The molecule has 0 aliphatic rings. The van der Waals surface area contributed by atoms with Gasteiger partial charge in [-0.15, -0.1) is 11.6 Å². The Morgan fingerprint density at radius 3 is 2.47 bits per heavy atom. The molecular formula is C14H13BrClN. The highest BCUT2D eigenvalue weighted by Gasteiger charge is 2.06. The second-order valence-corrected chi connectivity index (χ2v) is 6.04. The first-order chi connectivity index (χ1) is 8.16. The smallest absolute Gasteiger partial charge is 0.0926 e. The molecule has 0 heterocycles. The molecule has 88 valence electrons. The van der Waals surface area contributed by atoms with Gasteiger partial charge in [0.15, 0.2) is 0 Å². The van der Waals surface area contributed by atoms with E-state index < -0.39 is 0 Å². The second-order valence-electron chi connectivity index (χ2n) is 3.88. The van der Waals surface area contributed by atoms with Crippen molar-refractivity contribution in [2.75, 3.05) is 5.73 Å². The zero-order valence-electron chi connectivity index (χ0n) is 9.24. The number of hydrogen-bond donors (Lipinski definition) is 1. The Hall–Kier alpha value is -0.990. The van der Waals surface area contributed by atoms with E-state index in [1.54, 1.807) is 0 Å². The molecule has 2 aromatic carbocycles. The molecule has 17 heavy (non-hydrogen) atoms. The maximum absolute atomic E-state index is 6.01. The van der Waals surface area contributed by atoms with Crippen LogP contribution in [-0.2, 0) is 6.42 Å². The van der Waals surface area contributed by atoms with E-state index in [4.69, 9.17) is 17.3 Å². The molecule has 1 unspecified atom stereocenters. The Labute approximate surface area is 115 Å².